The van der Waals surface area contributed by atoms with E-state index in [0.29, 0.717) is 12.2 Å². The Kier molecular flexibility index (Phi) is 3.80. The number of rotatable bonds is 4. The van der Waals surface area contributed by atoms with E-state index in [2.05, 4.69) is 13.2 Å². The molecular weight excluding hydrogens is 116 g/mol. The summed E-state index contributed by atoms with van der Waals surface area (Å²) in [5.41, 5.74) is 0. The maximum Gasteiger partial charge on any atom is 0.124 e. The third-order valence-corrected chi connectivity index (χ3v) is 0.993. The molecule has 1 atom stereocenters. The van der Waals surface area contributed by atoms with E-state index in [1.54, 1.807) is 0 Å². The first kappa shape index (κ1) is 8.24. The van der Waals surface area contributed by atoms with Crippen LogP contribution in [0.2, 0.25) is 0 Å². The van der Waals surface area contributed by atoms with Crippen LogP contribution in [0.4, 0.5) is 0 Å². The molecule has 2 heteroatoms. The Bertz CT molecular complexity index is 107. The summed E-state index contributed by atoms with van der Waals surface area (Å²) in [6.07, 6.45) is 1.30. The molecule has 9 heavy (non-hydrogen) atoms. The van der Waals surface area contributed by atoms with Crippen LogP contribution in [0.15, 0.2) is 25.2 Å². The van der Waals surface area contributed by atoms with Crippen molar-refractivity contribution in [1.82, 2.24) is 0 Å². The summed E-state index contributed by atoms with van der Waals surface area (Å²) in [4.78, 5) is 0. The second-order valence-electron chi connectivity index (χ2n) is 1.67. The molecule has 0 aliphatic heterocycles. The van der Waals surface area contributed by atoms with Crippen molar-refractivity contribution >= 4 is 0 Å². The first-order valence-corrected chi connectivity index (χ1v) is 2.86. The van der Waals surface area contributed by atoms with E-state index < -0.39 is 6.10 Å². The molecule has 0 heterocycles. The fourth-order valence-electron chi connectivity index (χ4n) is 0.413. The summed E-state index contributed by atoms with van der Waals surface area (Å²) in [6.45, 7) is 8.64. The third-order valence-electron chi connectivity index (χ3n) is 0.993. The van der Waals surface area contributed by atoms with Gasteiger partial charge in [-0.1, -0.05) is 20.1 Å². The number of ether oxygens (including phenoxy) is 1. The zero-order chi connectivity index (χ0) is 7.28. The van der Waals surface area contributed by atoms with E-state index in [0.717, 1.165) is 0 Å². The minimum Gasteiger partial charge on any atom is -0.468 e. The van der Waals surface area contributed by atoms with Crippen LogP contribution in [0.3, 0.4) is 0 Å². The molecule has 2 nitrogen and oxygen atoms in total. The van der Waals surface area contributed by atoms with Gasteiger partial charge in [-0.3, -0.25) is 0 Å². The lowest BCUT2D eigenvalue weighted by atomic mass is 10.2. The van der Waals surface area contributed by atoms with Crippen molar-refractivity contribution < 1.29 is 9.84 Å². The first-order chi connectivity index (χ1) is 4.22. The van der Waals surface area contributed by atoms with Gasteiger partial charge in [-0.2, -0.15) is 0 Å². The summed E-state index contributed by atoms with van der Waals surface area (Å²) in [5.74, 6) is 0.354. The highest BCUT2D eigenvalue weighted by atomic mass is 16.5. The van der Waals surface area contributed by atoms with Gasteiger partial charge in [0.1, 0.15) is 11.9 Å². The van der Waals surface area contributed by atoms with Crippen LogP contribution in [0, 0.1) is 0 Å². The van der Waals surface area contributed by atoms with E-state index in [1.807, 2.05) is 6.92 Å². The quantitative estimate of drug-likeness (QED) is 0.580. The molecule has 0 aromatic carbocycles. The maximum absolute atomic E-state index is 8.99. The van der Waals surface area contributed by atoms with Crippen molar-refractivity contribution in [2.45, 2.75) is 19.4 Å². The summed E-state index contributed by atoms with van der Waals surface area (Å²) in [7, 11) is 0. The fourth-order valence-corrected chi connectivity index (χ4v) is 0.413. The number of hydrogen-bond acceptors (Lipinski definition) is 2. The average Bonchev–Trinajstić information content (AvgIpc) is 1.87. The van der Waals surface area contributed by atoms with Crippen molar-refractivity contribution in [2.24, 2.45) is 0 Å². The smallest absolute Gasteiger partial charge is 0.124 e. The van der Waals surface area contributed by atoms with Crippen LogP contribution < -0.4 is 0 Å². The molecule has 0 aromatic heterocycles. The summed E-state index contributed by atoms with van der Waals surface area (Å²) < 4.78 is 4.71. The Balaban J connectivity index is 3.58. The van der Waals surface area contributed by atoms with E-state index in [9.17, 15) is 0 Å². The molecule has 52 valence electrons. The second-order valence-corrected chi connectivity index (χ2v) is 1.67. The van der Waals surface area contributed by atoms with Crippen LogP contribution in [0.25, 0.3) is 0 Å². The van der Waals surface area contributed by atoms with Crippen molar-refractivity contribution in [1.29, 1.82) is 0 Å². The van der Waals surface area contributed by atoms with Gasteiger partial charge >= 0.3 is 0 Å². The van der Waals surface area contributed by atoms with Crippen LogP contribution in [-0.2, 0) is 4.74 Å². The Labute approximate surface area is 55.5 Å². The molecule has 0 rings (SSSR count). The Morgan fingerprint density at radius 2 is 2.44 bits per heavy atom. The molecule has 0 aliphatic carbocycles. The van der Waals surface area contributed by atoms with Gasteiger partial charge in [0.25, 0.3) is 0 Å². The lowest BCUT2D eigenvalue weighted by molar-refractivity contribution is 0.142. The van der Waals surface area contributed by atoms with Gasteiger partial charge in [0.2, 0.25) is 0 Å². The Morgan fingerprint density at radius 3 is 2.78 bits per heavy atom. The zero-order valence-corrected chi connectivity index (χ0v) is 5.63. The predicted octanol–water partition coefficient (Wildman–Crippen LogP) is 1.43. The highest BCUT2D eigenvalue weighted by Crippen LogP contribution is 2.04. The molecule has 0 fully saturated rings. The number of aliphatic hydroxyl groups is 1. The normalized spacial score (nSPS) is 12.2. The Morgan fingerprint density at radius 1 is 1.89 bits per heavy atom. The molecule has 0 spiro atoms. The Hall–Kier alpha value is -0.760. The van der Waals surface area contributed by atoms with Gasteiger partial charge < -0.3 is 9.84 Å². The average molecular weight is 128 g/mol. The molecule has 0 amide bonds. The minimum absolute atomic E-state index is 0.354. The van der Waals surface area contributed by atoms with Crippen molar-refractivity contribution in [2.75, 3.05) is 0 Å². The van der Waals surface area contributed by atoms with Gasteiger partial charge in [-0.25, -0.2) is 0 Å². The van der Waals surface area contributed by atoms with Crippen LogP contribution in [-0.4, -0.2) is 11.2 Å². The first-order valence-electron chi connectivity index (χ1n) is 2.86. The fraction of sp³-hybridized carbons (Fsp3) is 0.429. The van der Waals surface area contributed by atoms with Crippen molar-refractivity contribution in [3.8, 4) is 0 Å². The molecule has 0 radical (unpaired) electrons. The highest BCUT2D eigenvalue weighted by molar-refractivity contribution is 4.92. The van der Waals surface area contributed by atoms with Crippen LogP contribution in [0.5, 0.6) is 0 Å². The van der Waals surface area contributed by atoms with Gasteiger partial charge in [0.05, 0.1) is 6.26 Å². The molecule has 1 unspecified atom stereocenters. The molecule has 0 aromatic rings. The van der Waals surface area contributed by atoms with Gasteiger partial charge in [0.15, 0.2) is 0 Å². The molecule has 0 bridgehead atoms. The number of hydrogen-bond donors (Lipinski definition) is 1. The molecule has 0 saturated heterocycles. The lowest BCUT2D eigenvalue weighted by Crippen LogP contribution is -2.07. The summed E-state index contributed by atoms with van der Waals surface area (Å²) in [5, 5.41) is 8.99. The molecule has 1 N–H and O–H groups in total. The van der Waals surface area contributed by atoms with E-state index in [4.69, 9.17) is 9.84 Å². The minimum atomic E-state index is -0.567. The van der Waals surface area contributed by atoms with E-state index >= 15 is 0 Å². The molecule has 0 saturated carbocycles. The monoisotopic (exact) mass is 128 g/mol. The zero-order valence-electron chi connectivity index (χ0n) is 5.63. The second kappa shape index (κ2) is 4.15. The van der Waals surface area contributed by atoms with Gasteiger partial charge in [-0.05, 0) is 6.42 Å². The largest absolute Gasteiger partial charge is 0.468 e. The predicted molar refractivity (Wildman–Crippen MR) is 36.7 cm³/mol. The number of aliphatic hydroxyl groups excluding tert-OH is 1. The van der Waals surface area contributed by atoms with Gasteiger partial charge in [0, 0.05) is 0 Å². The van der Waals surface area contributed by atoms with E-state index in [1.165, 1.54) is 6.26 Å². The summed E-state index contributed by atoms with van der Waals surface area (Å²) in [6, 6.07) is 0. The van der Waals surface area contributed by atoms with E-state index in [-0.39, 0.29) is 0 Å². The van der Waals surface area contributed by atoms with Crippen molar-refractivity contribution in [3.05, 3.63) is 25.2 Å². The van der Waals surface area contributed by atoms with Crippen LogP contribution >= 0.6 is 0 Å². The lowest BCUT2D eigenvalue weighted by Gasteiger charge is -2.08. The molecular formula is C7H12O2. The van der Waals surface area contributed by atoms with Crippen LogP contribution in [0.1, 0.15) is 13.3 Å². The highest BCUT2D eigenvalue weighted by Gasteiger charge is 2.04. The maximum atomic E-state index is 8.99. The standard InChI is InChI=1S/C7H12O2/c1-4-7(8)6(3)9-5-2/h5,7-8H,2-4H2,1H3. The topological polar surface area (TPSA) is 29.5 Å². The SMILES string of the molecule is C=COC(=C)C(O)CC. The molecule has 0 aliphatic rings. The van der Waals surface area contributed by atoms with Crippen molar-refractivity contribution in [3.63, 3.8) is 0 Å². The summed E-state index contributed by atoms with van der Waals surface area (Å²) >= 11 is 0. The van der Waals surface area contributed by atoms with Gasteiger partial charge in [-0.15, -0.1) is 0 Å². The third kappa shape index (κ3) is 2.93.